The van der Waals surface area contributed by atoms with Crippen molar-refractivity contribution in [3.63, 3.8) is 0 Å². The molecule has 0 aromatic heterocycles. The average Bonchev–Trinajstić information content (AvgIpc) is 2.36. The normalized spacial score (nSPS) is 13.2. The Morgan fingerprint density at radius 2 is 1.79 bits per heavy atom. The zero-order chi connectivity index (χ0) is 14.6. The predicted octanol–water partition coefficient (Wildman–Crippen LogP) is 2.72. The minimum absolute atomic E-state index is 0.355. The second-order valence-corrected chi connectivity index (χ2v) is 5.90. The maximum Gasteiger partial charge on any atom is 0.161 e. The number of ether oxygens (including phenoxy) is 2. The Morgan fingerprint density at radius 1 is 1.26 bits per heavy atom. The lowest BCUT2D eigenvalue weighted by Crippen LogP contribution is -2.47. The predicted molar refractivity (Wildman–Crippen MR) is 79.8 cm³/mol. The maximum absolute atomic E-state index is 9.69. The van der Waals surface area contributed by atoms with Gasteiger partial charge in [-0.2, -0.15) is 0 Å². The number of rotatable bonds is 6. The molecule has 0 aliphatic heterocycles. The van der Waals surface area contributed by atoms with E-state index in [4.69, 9.17) is 9.47 Å². The molecule has 0 saturated heterocycles. The van der Waals surface area contributed by atoms with E-state index in [-0.39, 0.29) is 5.54 Å². The Bertz CT molecular complexity index is 433. The molecule has 1 aromatic rings. The van der Waals surface area contributed by atoms with Gasteiger partial charge < -0.3 is 19.9 Å². The molecule has 1 atom stereocenters. The highest BCUT2D eigenvalue weighted by Crippen LogP contribution is 2.33. The van der Waals surface area contributed by atoms with Crippen LogP contribution in [0.25, 0.3) is 0 Å². The number of aliphatic hydroxyl groups is 1. The lowest BCUT2D eigenvalue weighted by molar-refractivity contribution is 0.0956. The van der Waals surface area contributed by atoms with E-state index in [0.717, 1.165) is 10.0 Å². The Labute approximate surface area is 123 Å². The summed E-state index contributed by atoms with van der Waals surface area (Å²) in [6, 6.07) is 3.80. The molecule has 1 aromatic carbocycles. The van der Waals surface area contributed by atoms with E-state index < -0.39 is 6.10 Å². The van der Waals surface area contributed by atoms with Gasteiger partial charge in [-0.05, 0) is 38.5 Å². The van der Waals surface area contributed by atoms with E-state index in [1.165, 1.54) is 0 Å². The Kier molecular flexibility index (Phi) is 5.64. The van der Waals surface area contributed by atoms with E-state index in [2.05, 4.69) is 21.2 Å². The summed E-state index contributed by atoms with van der Waals surface area (Å²) >= 11 is 3.52. The fourth-order valence-electron chi connectivity index (χ4n) is 1.50. The van der Waals surface area contributed by atoms with Crippen LogP contribution in [0.1, 0.15) is 26.3 Å². The number of hydrogen-bond acceptors (Lipinski definition) is 4. The molecule has 5 heteroatoms. The molecule has 0 saturated carbocycles. The summed E-state index contributed by atoms with van der Waals surface area (Å²) in [5, 5.41) is 13.0. The number of nitrogens with one attached hydrogen (secondary N) is 1. The third-order valence-corrected chi connectivity index (χ3v) is 4.07. The molecule has 0 radical (unpaired) electrons. The van der Waals surface area contributed by atoms with Gasteiger partial charge in [0.15, 0.2) is 11.5 Å². The third kappa shape index (κ3) is 4.09. The highest BCUT2D eigenvalue weighted by Gasteiger charge is 2.23. The van der Waals surface area contributed by atoms with Crippen LogP contribution in [0.15, 0.2) is 16.6 Å². The number of hydrogen-bond donors (Lipinski definition) is 2. The quantitative estimate of drug-likeness (QED) is 0.841. The lowest BCUT2D eigenvalue weighted by atomic mass is 9.98. The summed E-state index contributed by atoms with van der Waals surface area (Å²) in [5.41, 5.74) is 0.693. The van der Waals surface area contributed by atoms with Crippen molar-refractivity contribution in [1.82, 2.24) is 5.32 Å². The van der Waals surface area contributed by atoms with Crippen molar-refractivity contribution in [2.24, 2.45) is 0 Å². The van der Waals surface area contributed by atoms with Gasteiger partial charge >= 0.3 is 0 Å². The summed E-state index contributed by atoms with van der Waals surface area (Å²) in [5.74, 6) is 1.38. The van der Waals surface area contributed by atoms with Gasteiger partial charge in [-0.25, -0.2) is 0 Å². The van der Waals surface area contributed by atoms with Crippen LogP contribution in [0.2, 0.25) is 0 Å². The van der Waals surface area contributed by atoms with Crippen LogP contribution in [0.5, 0.6) is 11.5 Å². The van der Waals surface area contributed by atoms with Crippen molar-refractivity contribution >= 4 is 15.9 Å². The molecule has 0 aliphatic carbocycles. The summed E-state index contributed by atoms with van der Waals surface area (Å²) in [6.45, 7) is 6.33. The molecule has 19 heavy (non-hydrogen) atoms. The number of methoxy groups -OCH3 is 2. The van der Waals surface area contributed by atoms with Crippen LogP contribution < -0.4 is 14.8 Å². The molecule has 4 nitrogen and oxygen atoms in total. The molecular formula is C14H22BrNO3. The molecule has 108 valence electrons. The first kappa shape index (κ1) is 16.3. The monoisotopic (exact) mass is 331 g/mol. The van der Waals surface area contributed by atoms with E-state index in [1.807, 2.05) is 26.0 Å². The molecule has 1 rings (SSSR count). The first-order chi connectivity index (χ1) is 8.81. The second-order valence-electron chi connectivity index (χ2n) is 5.05. The van der Waals surface area contributed by atoms with Crippen LogP contribution in [0, 0.1) is 0 Å². The summed E-state index contributed by atoms with van der Waals surface area (Å²) in [7, 11) is 3.22. The first-order valence-electron chi connectivity index (χ1n) is 6.15. The van der Waals surface area contributed by atoms with Gasteiger partial charge in [0.05, 0.1) is 20.3 Å². The summed E-state index contributed by atoms with van der Waals surface area (Å²) in [4.78, 5) is 0. The van der Waals surface area contributed by atoms with E-state index in [1.54, 1.807) is 21.1 Å². The van der Waals surface area contributed by atoms with Gasteiger partial charge in [0.1, 0.15) is 0 Å². The number of aliphatic hydroxyl groups excluding tert-OH is 1. The van der Waals surface area contributed by atoms with Crippen LogP contribution in [-0.2, 0) is 6.54 Å². The minimum atomic E-state index is -0.439. The molecular weight excluding hydrogens is 310 g/mol. The molecule has 0 fully saturated rings. The molecule has 0 heterocycles. The van der Waals surface area contributed by atoms with E-state index in [9.17, 15) is 5.11 Å². The van der Waals surface area contributed by atoms with Crippen molar-refractivity contribution in [3.8, 4) is 11.5 Å². The summed E-state index contributed by atoms with van der Waals surface area (Å²) < 4.78 is 11.5. The van der Waals surface area contributed by atoms with Crippen LogP contribution >= 0.6 is 15.9 Å². The molecule has 0 amide bonds. The largest absolute Gasteiger partial charge is 0.493 e. The Morgan fingerprint density at radius 3 is 2.26 bits per heavy atom. The van der Waals surface area contributed by atoms with Crippen LogP contribution in [0.3, 0.4) is 0 Å². The van der Waals surface area contributed by atoms with Gasteiger partial charge in [0.2, 0.25) is 0 Å². The van der Waals surface area contributed by atoms with Crippen molar-refractivity contribution in [2.45, 2.75) is 39.0 Å². The minimum Gasteiger partial charge on any atom is -0.493 e. The Balaban J connectivity index is 2.90. The third-order valence-electron chi connectivity index (χ3n) is 3.33. The van der Waals surface area contributed by atoms with Gasteiger partial charge in [-0.3, -0.25) is 0 Å². The van der Waals surface area contributed by atoms with E-state index >= 15 is 0 Å². The SMILES string of the molecule is COc1cc(Br)c(CNC(C)(C)C(C)O)cc1OC. The second kappa shape index (κ2) is 6.59. The van der Waals surface area contributed by atoms with Gasteiger partial charge in [-0.1, -0.05) is 15.9 Å². The summed E-state index contributed by atoms with van der Waals surface area (Å²) in [6.07, 6.45) is -0.439. The fraction of sp³-hybridized carbons (Fsp3) is 0.571. The Hall–Kier alpha value is -0.780. The lowest BCUT2D eigenvalue weighted by Gasteiger charge is -2.29. The first-order valence-corrected chi connectivity index (χ1v) is 6.94. The number of benzene rings is 1. The number of halogens is 1. The van der Waals surface area contributed by atoms with Crippen LogP contribution in [0.4, 0.5) is 0 Å². The van der Waals surface area contributed by atoms with Crippen molar-refractivity contribution in [2.75, 3.05) is 14.2 Å². The molecule has 0 spiro atoms. The molecule has 0 aliphatic rings. The molecule has 0 bridgehead atoms. The zero-order valence-corrected chi connectivity index (χ0v) is 13.7. The average molecular weight is 332 g/mol. The fourth-order valence-corrected chi connectivity index (χ4v) is 1.97. The maximum atomic E-state index is 9.69. The van der Waals surface area contributed by atoms with Gasteiger partial charge in [0, 0.05) is 16.6 Å². The van der Waals surface area contributed by atoms with Crippen molar-refractivity contribution in [1.29, 1.82) is 0 Å². The topological polar surface area (TPSA) is 50.7 Å². The van der Waals surface area contributed by atoms with Gasteiger partial charge in [-0.15, -0.1) is 0 Å². The van der Waals surface area contributed by atoms with Crippen molar-refractivity contribution < 1.29 is 14.6 Å². The molecule has 1 unspecified atom stereocenters. The highest BCUT2D eigenvalue weighted by atomic mass is 79.9. The van der Waals surface area contributed by atoms with Crippen LogP contribution in [-0.4, -0.2) is 31.0 Å². The smallest absolute Gasteiger partial charge is 0.161 e. The van der Waals surface area contributed by atoms with E-state index in [0.29, 0.717) is 18.0 Å². The standard InChI is InChI=1S/C14H22BrNO3/c1-9(17)14(2,3)16-8-10-6-12(18-4)13(19-5)7-11(10)15/h6-7,9,16-17H,8H2,1-5H3. The highest BCUT2D eigenvalue weighted by molar-refractivity contribution is 9.10. The van der Waals surface area contributed by atoms with Gasteiger partial charge in [0.25, 0.3) is 0 Å². The van der Waals surface area contributed by atoms with Crippen molar-refractivity contribution in [3.05, 3.63) is 22.2 Å². The zero-order valence-electron chi connectivity index (χ0n) is 12.1. The molecule has 2 N–H and O–H groups in total.